The number of benzene rings is 1. The summed E-state index contributed by atoms with van der Waals surface area (Å²) in [5.41, 5.74) is 1.43. The fourth-order valence-corrected chi connectivity index (χ4v) is 2.10. The summed E-state index contributed by atoms with van der Waals surface area (Å²) in [7, 11) is 1.57. The number of ketones is 1. The summed E-state index contributed by atoms with van der Waals surface area (Å²) in [6.07, 6.45) is 0.0172. The molecule has 0 heterocycles. The van der Waals surface area contributed by atoms with Gasteiger partial charge in [-0.25, -0.2) is 0 Å². The molecule has 1 unspecified atom stereocenters. The Balaban J connectivity index is 2.31. The number of hydrogen-bond donors (Lipinski definition) is 0. The third kappa shape index (κ3) is 2.92. The molecule has 0 saturated heterocycles. The molecule has 0 N–H and O–H groups in total. The summed E-state index contributed by atoms with van der Waals surface area (Å²) < 4.78 is 10.7. The van der Waals surface area contributed by atoms with Gasteiger partial charge in [0.05, 0.1) is 6.10 Å². The van der Waals surface area contributed by atoms with Crippen molar-refractivity contribution < 1.29 is 14.3 Å². The predicted octanol–water partition coefficient (Wildman–Crippen LogP) is 2.68. The van der Waals surface area contributed by atoms with E-state index in [0.717, 1.165) is 5.56 Å². The molecule has 1 aliphatic rings. The SMILES string of the molecule is COCC#CC1=C(OC(C)C)C(c2ccccc2)C1=O. The largest absolute Gasteiger partial charge is 0.493 e. The summed E-state index contributed by atoms with van der Waals surface area (Å²) >= 11 is 0. The van der Waals surface area contributed by atoms with Gasteiger partial charge < -0.3 is 9.47 Å². The highest BCUT2D eigenvalue weighted by atomic mass is 16.5. The maximum absolute atomic E-state index is 12.3. The van der Waals surface area contributed by atoms with Crippen molar-refractivity contribution in [1.82, 2.24) is 0 Å². The predicted molar refractivity (Wildman–Crippen MR) is 77.1 cm³/mol. The van der Waals surface area contributed by atoms with E-state index in [-0.39, 0.29) is 17.8 Å². The van der Waals surface area contributed by atoms with Crippen LogP contribution in [-0.4, -0.2) is 25.6 Å². The lowest BCUT2D eigenvalue weighted by atomic mass is 9.77. The molecule has 1 aliphatic carbocycles. The first-order valence-corrected chi connectivity index (χ1v) is 6.63. The summed E-state index contributed by atoms with van der Waals surface area (Å²) in [5.74, 6) is 6.06. The quantitative estimate of drug-likeness (QED) is 0.789. The molecule has 3 nitrogen and oxygen atoms in total. The number of carbonyl (C=O) groups is 1. The van der Waals surface area contributed by atoms with Gasteiger partial charge in [0.25, 0.3) is 0 Å². The summed E-state index contributed by atoms with van der Waals surface area (Å²) in [5, 5.41) is 0. The van der Waals surface area contributed by atoms with Crippen LogP contribution >= 0.6 is 0 Å². The highest BCUT2D eigenvalue weighted by molar-refractivity contribution is 6.13. The van der Waals surface area contributed by atoms with Crippen LogP contribution in [0, 0.1) is 11.8 Å². The second kappa shape index (κ2) is 6.40. The number of carbonyl (C=O) groups excluding carboxylic acids is 1. The van der Waals surface area contributed by atoms with Crippen molar-refractivity contribution in [2.24, 2.45) is 0 Å². The van der Waals surface area contributed by atoms with E-state index in [2.05, 4.69) is 11.8 Å². The van der Waals surface area contributed by atoms with Gasteiger partial charge in [0.2, 0.25) is 0 Å². The third-order valence-electron chi connectivity index (χ3n) is 2.94. The van der Waals surface area contributed by atoms with Crippen molar-refractivity contribution in [3.05, 3.63) is 47.2 Å². The van der Waals surface area contributed by atoms with E-state index in [4.69, 9.17) is 9.47 Å². The highest BCUT2D eigenvalue weighted by Crippen LogP contribution is 2.40. The standard InChI is InChI=1S/C17H18O3/c1-12(2)20-17-14(10-7-11-19-3)16(18)15(17)13-8-5-4-6-9-13/h4-6,8-9,12,15H,11H2,1-3H3. The Hall–Kier alpha value is -2.05. The fourth-order valence-electron chi connectivity index (χ4n) is 2.10. The van der Waals surface area contributed by atoms with Crippen LogP contribution in [0.25, 0.3) is 0 Å². The summed E-state index contributed by atoms with van der Waals surface area (Å²) in [6, 6.07) is 9.64. The van der Waals surface area contributed by atoms with Crippen LogP contribution in [0.15, 0.2) is 41.7 Å². The van der Waals surface area contributed by atoms with Crippen molar-refractivity contribution in [3.8, 4) is 11.8 Å². The number of Topliss-reactive ketones (excluding diaryl/α,β-unsaturated/α-hetero) is 1. The van der Waals surface area contributed by atoms with Crippen LogP contribution in [-0.2, 0) is 14.3 Å². The van der Waals surface area contributed by atoms with Crippen LogP contribution in [0.1, 0.15) is 25.3 Å². The van der Waals surface area contributed by atoms with E-state index >= 15 is 0 Å². The van der Waals surface area contributed by atoms with Gasteiger partial charge in [0.1, 0.15) is 23.9 Å². The van der Waals surface area contributed by atoms with E-state index in [1.165, 1.54) is 0 Å². The first kappa shape index (κ1) is 14.4. The zero-order chi connectivity index (χ0) is 14.5. The third-order valence-corrected chi connectivity index (χ3v) is 2.94. The number of rotatable bonds is 4. The Bertz CT molecular complexity index is 573. The average molecular weight is 270 g/mol. The fraction of sp³-hybridized carbons (Fsp3) is 0.353. The van der Waals surface area contributed by atoms with Crippen LogP contribution in [0.2, 0.25) is 0 Å². The minimum atomic E-state index is -0.314. The molecule has 0 radical (unpaired) electrons. The Morgan fingerprint density at radius 2 is 1.95 bits per heavy atom. The molecule has 20 heavy (non-hydrogen) atoms. The van der Waals surface area contributed by atoms with Crippen molar-refractivity contribution in [3.63, 3.8) is 0 Å². The van der Waals surface area contributed by atoms with E-state index in [1.54, 1.807) is 7.11 Å². The molecule has 1 aromatic carbocycles. The Kier molecular flexibility index (Phi) is 4.60. The van der Waals surface area contributed by atoms with Crippen LogP contribution in [0.5, 0.6) is 0 Å². The zero-order valence-electron chi connectivity index (χ0n) is 12.0. The van der Waals surface area contributed by atoms with Gasteiger partial charge in [0.15, 0.2) is 5.78 Å². The van der Waals surface area contributed by atoms with Gasteiger partial charge in [-0.15, -0.1) is 0 Å². The van der Waals surface area contributed by atoms with Crippen LogP contribution in [0.4, 0.5) is 0 Å². The first-order chi connectivity index (χ1) is 9.65. The summed E-state index contributed by atoms with van der Waals surface area (Å²) in [4.78, 5) is 12.3. The first-order valence-electron chi connectivity index (χ1n) is 6.63. The van der Waals surface area contributed by atoms with Gasteiger partial charge in [-0.05, 0) is 19.4 Å². The Morgan fingerprint density at radius 1 is 1.25 bits per heavy atom. The van der Waals surface area contributed by atoms with Crippen molar-refractivity contribution in [2.45, 2.75) is 25.9 Å². The molecule has 104 valence electrons. The second-order valence-electron chi connectivity index (χ2n) is 4.85. The van der Waals surface area contributed by atoms with Gasteiger partial charge in [0, 0.05) is 7.11 Å². The lowest BCUT2D eigenvalue weighted by Gasteiger charge is -2.30. The molecule has 1 aromatic rings. The molecule has 0 spiro atoms. The van der Waals surface area contributed by atoms with Crippen molar-refractivity contribution >= 4 is 5.78 Å². The van der Waals surface area contributed by atoms with E-state index in [0.29, 0.717) is 17.9 Å². The van der Waals surface area contributed by atoms with Gasteiger partial charge in [-0.1, -0.05) is 42.2 Å². The van der Waals surface area contributed by atoms with Gasteiger partial charge >= 0.3 is 0 Å². The van der Waals surface area contributed by atoms with Crippen molar-refractivity contribution in [2.75, 3.05) is 13.7 Å². The lowest BCUT2D eigenvalue weighted by molar-refractivity contribution is -0.119. The van der Waals surface area contributed by atoms with E-state index in [9.17, 15) is 4.79 Å². The van der Waals surface area contributed by atoms with Gasteiger partial charge in [-0.2, -0.15) is 0 Å². The Labute approximate surface area is 119 Å². The molecular weight excluding hydrogens is 252 g/mol. The van der Waals surface area contributed by atoms with Crippen LogP contribution < -0.4 is 0 Å². The number of allylic oxidation sites excluding steroid dienone is 2. The Morgan fingerprint density at radius 3 is 2.55 bits per heavy atom. The molecule has 2 rings (SSSR count). The lowest BCUT2D eigenvalue weighted by Crippen LogP contribution is -2.31. The summed E-state index contributed by atoms with van der Waals surface area (Å²) in [6.45, 7) is 4.19. The molecule has 1 atom stereocenters. The molecular formula is C17H18O3. The highest BCUT2D eigenvalue weighted by Gasteiger charge is 2.41. The molecule has 0 bridgehead atoms. The van der Waals surface area contributed by atoms with E-state index in [1.807, 2.05) is 44.2 Å². The smallest absolute Gasteiger partial charge is 0.189 e. The monoisotopic (exact) mass is 270 g/mol. The maximum Gasteiger partial charge on any atom is 0.189 e. The minimum Gasteiger partial charge on any atom is -0.493 e. The average Bonchev–Trinajstić information content (AvgIpc) is 2.44. The van der Waals surface area contributed by atoms with Crippen LogP contribution in [0.3, 0.4) is 0 Å². The normalized spacial score (nSPS) is 17.6. The number of hydrogen-bond acceptors (Lipinski definition) is 3. The molecule has 0 saturated carbocycles. The topological polar surface area (TPSA) is 35.5 Å². The van der Waals surface area contributed by atoms with Gasteiger partial charge in [-0.3, -0.25) is 4.79 Å². The molecule has 0 aromatic heterocycles. The maximum atomic E-state index is 12.3. The van der Waals surface area contributed by atoms with Crippen molar-refractivity contribution in [1.29, 1.82) is 0 Å². The molecule has 0 aliphatic heterocycles. The molecule has 3 heteroatoms. The minimum absolute atomic E-state index is 0.0172. The zero-order valence-corrected chi connectivity index (χ0v) is 12.0. The molecule has 0 fully saturated rings. The molecule has 0 amide bonds. The second-order valence-corrected chi connectivity index (χ2v) is 4.85. The number of ether oxygens (including phenoxy) is 2. The number of methoxy groups -OCH3 is 1. The van der Waals surface area contributed by atoms with E-state index < -0.39 is 0 Å².